The normalized spacial score (nSPS) is 14.6. The third-order valence-electron chi connectivity index (χ3n) is 3.07. The molecule has 0 aromatic heterocycles. The molecule has 0 fully saturated rings. The summed E-state index contributed by atoms with van der Waals surface area (Å²) in [6.07, 6.45) is 3.95. The van der Waals surface area contributed by atoms with Gasteiger partial charge in [0.25, 0.3) is 0 Å². The number of ether oxygens (including phenoxy) is 2. The van der Waals surface area contributed by atoms with E-state index in [9.17, 15) is 4.79 Å². The predicted octanol–water partition coefficient (Wildman–Crippen LogP) is 3.08. The average Bonchev–Trinajstić information content (AvgIpc) is 2.37. The molecular formula is C16H34N2O3. The van der Waals surface area contributed by atoms with Crippen molar-refractivity contribution in [1.82, 2.24) is 10.6 Å². The van der Waals surface area contributed by atoms with Crippen LogP contribution in [0.3, 0.4) is 0 Å². The molecule has 2 unspecified atom stereocenters. The lowest BCUT2D eigenvalue weighted by atomic mass is 10.1. The summed E-state index contributed by atoms with van der Waals surface area (Å²) in [6.45, 7) is 11.3. The first-order valence-electron chi connectivity index (χ1n) is 8.00. The van der Waals surface area contributed by atoms with Gasteiger partial charge in [-0.2, -0.15) is 0 Å². The zero-order valence-corrected chi connectivity index (χ0v) is 14.6. The molecule has 1 amide bonds. The van der Waals surface area contributed by atoms with Crippen molar-refractivity contribution < 1.29 is 14.3 Å². The average molecular weight is 302 g/mol. The van der Waals surface area contributed by atoms with E-state index >= 15 is 0 Å². The lowest BCUT2D eigenvalue weighted by Gasteiger charge is -2.25. The maximum Gasteiger partial charge on any atom is 0.407 e. The van der Waals surface area contributed by atoms with Gasteiger partial charge in [-0.1, -0.05) is 19.8 Å². The Kier molecular flexibility index (Phi) is 10.4. The number of hydrogen-bond donors (Lipinski definition) is 2. The molecule has 5 heteroatoms. The fraction of sp³-hybridized carbons (Fsp3) is 0.938. The Morgan fingerprint density at radius 1 is 1.24 bits per heavy atom. The van der Waals surface area contributed by atoms with Crippen LogP contribution in [0.2, 0.25) is 0 Å². The molecule has 0 aliphatic rings. The second-order valence-corrected chi connectivity index (χ2v) is 6.57. The summed E-state index contributed by atoms with van der Waals surface area (Å²) in [5.41, 5.74) is -0.456. The number of rotatable bonds is 10. The number of hydrogen-bond acceptors (Lipinski definition) is 4. The Morgan fingerprint density at radius 2 is 1.90 bits per heavy atom. The van der Waals surface area contributed by atoms with Crippen molar-refractivity contribution in [1.29, 1.82) is 0 Å². The van der Waals surface area contributed by atoms with E-state index in [-0.39, 0.29) is 12.1 Å². The van der Waals surface area contributed by atoms with Crippen LogP contribution in [0.1, 0.15) is 60.3 Å². The number of methoxy groups -OCH3 is 1. The Labute approximate surface area is 130 Å². The van der Waals surface area contributed by atoms with E-state index in [2.05, 4.69) is 24.5 Å². The van der Waals surface area contributed by atoms with Gasteiger partial charge in [0.2, 0.25) is 0 Å². The molecule has 5 nitrogen and oxygen atoms in total. The monoisotopic (exact) mass is 302 g/mol. The van der Waals surface area contributed by atoms with Crippen LogP contribution < -0.4 is 10.6 Å². The molecule has 0 aliphatic heterocycles. The second-order valence-electron chi connectivity index (χ2n) is 6.57. The lowest BCUT2D eigenvalue weighted by Crippen LogP contribution is -2.46. The number of nitrogens with one attached hydrogen (secondary N) is 2. The van der Waals surface area contributed by atoms with Gasteiger partial charge in [0, 0.05) is 32.3 Å². The van der Waals surface area contributed by atoms with E-state index in [0.29, 0.717) is 12.6 Å². The zero-order valence-electron chi connectivity index (χ0n) is 14.6. The van der Waals surface area contributed by atoms with Crippen molar-refractivity contribution in [3.8, 4) is 0 Å². The molecule has 0 spiro atoms. The van der Waals surface area contributed by atoms with Crippen LogP contribution in [0, 0.1) is 0 Å². The number of amides is 1. The van der Waals surface area contributed by atoms with E-state index in [0.717, 1.165) is 32.3 Å². The Balaban J connectivity index is 4.19. The van der Waals surface area contributed by atoms with Gasteiger partial charge >= 0.3 is 6.09 Å². The SMILES string of the molecule is CCCCC(CNC(=O)OC(C)(C)C)NC(C)CCOC. The van der Waals surface area contributed by atoms with Gasteiger partial charge in [0.15, 0.2) is 0 Å². The first-order valence-corrected chi connectivity index (χ1v) is 8.00. The maximum absolute atomic E-state index is 11.7. The highest BCUT2D eigenvalue weighted by atomic mass is 16.6. The second kappa shape index (κ2) is 10.9. The summed E-state index contributed by atoms with van der Waals surface area (Å²) in [5.74, 6) is 0. The van der Waals surface area contributed by atoms with Crippen molar-refractivity contribution in [3.05, 3.63) is 0 Å². The maximum atomic E-state index is 11.7. The third kappa shape index (κ3) is 12.6. The fourth-order valence-electron chi connectivity index (χ4n) is 2.00. The van der Waals surface area contributed by atoms with E-state index in [4.69, 9.17) is 9.47 Å². The Morgan fingerprint density at radius 3 is 2.43 bits per heavy atom. The number of carbonyl (C=O) groups is 1. The molecular weight excluding hydrogens is 268 g/mol. The Hall–Kier alpha value is -0.810. The largest absolute Gasteiger partial charge is 0.444 e. The van der Waals surface area contributed by atoms with Crippen molar-refractivity contribution >= 4 is 6.09 Å². The van der Waals surface area contributed by atoms with Crippen LogP contribution >= 0.6 is 0 Å². The van der Waals surface area contributed by atoms with Gasteiger partial charge in [0.05, 0.1) is 0 Å². The number of carbonyl (C=O) groups excluding carboxylic acids is 1. The van der Waals surface area contributed by atoms with Crippen LogP contribution in [0.5, 0.6) is 0 Å². The zero-order chi connectivity index (χ0) is 16.3. The van der Waals surface area contributed by atoms with Crippen molar-refractivity contribution in [2.45, 2.75) is 78.0 Å². The summed E-state index contributed by atoms with van der Waals surface area (Å²) in [5, 5.41) is 6.41. The molecule has 126 valence electrons. The quantitative estimate of drug-likeness (QED) is 0.651. The van der Waals surface area contributed by atoms with Gasteiger partial charge in [-0.15, -0.1) is 0 Å². The molecule has 21 heavy (non-hydrogen) atoms. The summed E-state index contributed by atoms with van der Waals surface area (Å²) in [6, 6.07) is 0.636. The lowest BCUT2D eigenvalue weighted by molar-refractivity contribution is 0.0520. The molecule has 0 heterocycles. The molecule has 0 aliphatic carbocycles. The van der Waals surface area contributed by atoms with Crippen molar-refractivity contribution in [2.75, 3.05) is 20.3 Å². The minimum Gasteiger partial charge on any atom is -0.444 e. The van der Waals surface area contributed by atoms with E-state index < -0.39 is 5.60 Å². The van der Waals surface area contributed by atoms with Gasteiger partial charge in [-0.3, -0.25) is 0 Å². The summed E-state index contributed by atoms with van der Waals surface area (Å²) in [4.78, 5) is 11.7. The van der Waals surface area contributed by atoms with Gasteiger partial charge < -0.3 is 20.1 Å². The summed E-state index contributed by atoms with van der Waals surface area (Å²) in [7, 11) is 1.71. The van der Waals surface area contributed by atoms with E-state index in [1.54, 1.807) is 7.11 Å². The highest BCUT2D eigenvalue weighted by Crippen LogP contribution is 2.07. The van der Waals surface area contributed by atoms with Gasteiger partial charge in [-0.05, 0) is 40.5 Å². The first-order chi connectivity index (χ1) is 9.78. The van der Waals surface area contributed by atoms with Crippen LogP contribution in [-0.4, -0.2) is 44.0 Å². The van der Waals surface area contributed by atoms with Crippen LogP contribution in [0.4, 0.5) is 4.79 Å². The summed E-state index contributed by atoms with van der Waals surface area (Å²) < 4.78 is 10.4. The molecule has 0 rings (SSSR count). The molecule has 0 aromatic rings. The molecule has 0 aromatic carbocycles. The molecule has 2 atom stereocenters. The van der Waals surface area contributed by atoms with Gasteiger partial charge in [0.1, 0.15) is 5.60 Å². The molecule has 0 saturated heterocycles. The summed E-state index contributed by atoms with van der Waals surface area (Å²) >= 11 is 0. The van der Waals surface area contributed by atoms with Crippen LogP contribution in [0.15, 0.2) is 0 Å². The number of unbranched alkanes of at least 4 members (excludes halogenated alkanes) is 1. The third-order valence-corrected chi connectivity index (χ3v) is 3.07. The van der Waals surface area contributed by atoms with Crippen molar-refractivity contribution in [2.24, 2.45) is 0 Å². The smallest absolute Gasteiger partial charge is 0.407 e. The molecule has 2 N–H and O–H groups in total. The Bertz CT molecular complexity index is 277. The molecule has 0 saturated carbocycles. The first kappa shape index (κ1) is 20.2. The minimum absolute atomic E-state index is 0.268. The number of alkyl carbamates (subject to hydrolysis) is 1. The van der Waals surface area contributed by atoms with Crippen LogP contribution in [0.25, 0.3) is 0 Å². The minimum atomic E-state index is -0.456. The van der Waals surface area contributed by atoms with E-state index in [1.807, 2.05) is 20.8 Å². The highest BCUT2D eigenvalue weighted by Gasteiger charge is 2.18. The fourth-order valence-corrected chi connectivity index (χ4v) is 2.00. The van der Waals surface area contributed by atoms with Gasteiger partial charge in [-0.25, -0.2) is 4.79 Å². The topological polar surface area (TPSA) is 59.6 Å². The predicted molar refractivity (Wildman–Crippen MR) is 86.6 cm³/mol. The van der Waals surface area contributed by atoms with Crippen LogP contribution in [-0.2, 0) is 9.47 Å². The standard InChI is InChI=1S/C16H34N2O3/c1-7-8-9-14(18-13(2)10-11-20-6)12-17-15(19)21-16(3,4)5/h13-14,18H,7-12H2,1-6H3,(H,17,19). The molecule has 0 radical (unpaired) electrons. The molecule has 0 bridgehead atoms. The van der Waals surface area contributed by atoms with Crippen molar-refractivity contribution in [3.63, 3.8) is 0 Å². The van der Waals surface area contributed by atoms with E-state index in [1.165, 1.54) is 0 Å². The highest BCUT2D eigenvalue weighted by molar-refractivity contribution is 5.67.